The molecule has 0 aliphatic carbocycles. The first kappa shape index (κ1) is 32.7. The predicted molar refractivity (Wildman–Crippen MR) is 167 cm³/mol. The molecule has 0 heterocycles. The number of ether oxygens (including phenoxy) is 1. The van der Waals surface area contributed by atoms with Crippen molar-refractivity contribution < 1.29 is 22.7 Å². The molecular weight excluding hydrogens is 550 g/mol. The summed E-state index contributed by atoms with van der Waals surface area (Å²) in [6.45, 7) is 12.8. The number of nitrogens with zero attached hydrogens (tertiary/aromatic N) is 2. The van der Waals surface area contributed by atoms with E-state index in [-0.39, 0.29) is 17.3 Å². The van der Waals surface area contributed by atoms with Crippen LogP contribution in [0.5, 0.6) is 5.75 Å². The third-order valence-corrected chi connectivity index (χ3v) is 8.57. The Bertz CT molecular complexity index is 1470. The molecule has 0 unspecified atom stereocenters. The second kappa shape index (κ2) is 13.4. The molecule has 3 aromatic rings. The average Bonchev–Trinajstić information content (AvgIpc) is 2.90. The molecule has 9 heteroatoms. The van der Waals surface area contributed by atoms with Gasteiger partial charge in [0.15, 0.2) is 0 Å². The Morgan fingerprint density at radius 3 is 1.95 bits per heavy atom. The van der Waals surface area contributed by atoms with E-state index in [1.54, 1.807) is 55.6 Å². The third-order valence-electron chi connectivity index (χ3n) is 6.78. The SMILES string of the molecule is CC[C@H](C(=O)NC(C)(C)C)N(Cc1ccc(OC)cc1)C(=O)CN(c1cc(C)cc(C)c1)S(=O)(=O)c1ccc(C)cc1. The van der Waals surface area contributed by atoms with Crippen LogP contribution in [-0.2, 0) is 26.2 Å². The van der Waals surface area contributed by atoms with Crippen LogP contribution in [0.15, 0.2) is 71.6 Å². The Balaban J connectivity index is 2.10. The summed E-state index contributed by atoms with van der Waals surface area (Å²) in [7, 11) is -2.55. The van der Waals surface area contributed by atoms with Gasteiger partial charge in [-0.3, -0.25) is 13.9 Å². The van der Waals surface area contributed by atoms with Crippen LogP contribution < -0.4 is 14.4 Å². The van der Waals surface area contributed by atoms with Gasteiger partial charge in [-0.25, -0.2) is 8.42 Å². The van der Waals surface area contributed by atoms with Crippen LogP contribution in [0.2, 0.25) is 0 Å². The molecule has 0 aromatic heterocycles. The highest BCUT2D eigenvalue weighted by molar-refractivity contribution is 7.92. The highest BCUT2D eigenvalue weighted by atomic mass is 32.2. The summed E-state index contributed by atoms with van der Waals surface area (Å²) < 4.78 is 34.6. The van der Waals surface area contributed by atoms with Crippen LogP contribution in [-0.4, -0.2) is 50.4 Å². The number of aryl methyl sites for hydroxylation is 3. The van der Waals surface area contributed by atoms with Crippen LogP contribution >= 0.6 is 0 Å². The Morgan fingerprint density at radius 2 is 1.45 bits per heavy atom. The van der Waals surface area contributed by atoms with Crippen molar-refractivity contribution in [2.75, 3.05) is 18.0 Å². The van der Waals surface area contributed by atoms with Crippen molar-refractivity contribution >= 4 is 27.5 Å². The first-order chi connectivity index (χ1) is 19.6. The highest BCUT2D eigenvalue weighted by Crippen LogP contribution is 2.27. The zero-order valence-electron chi connectivity index (χ0n) is 25.9. The van der Waals surface area contributed by atoms with Crippen molar-refractivity contribution in [2.24, 2.45) is 0 Å². The predicted octanol–water partition coefficient (Wildman–Crippen LogP) is 5.54. The van der Waals surface area contributed by atoms with Crippen LogP contribution in [0, 0.1) is 20.8 Å². The molecule has 0 aliphatic rings. The van der Waals surface area contributed by atoms with E-state index in [4.69, 9.17) is 4.74 Å². The fourth-order valence-electron chi connectivity index (χ4n) is 4.76. The Hall–Kier alpha value is -3.85. The molecule has 0 radical (unpaired) electrons. The first-order valence-electron chi connectivity index (χ1n) is 14.1. The summed E-state index contributed by atoms with van der Waals surface area (Å²) in [6, 6.07) is 18.4. The van der Waals surface area contributed by atoms with E-state index in [0.29, 0.717) is 17.9 Å². The van der Waals surface area contributed by atoms with Gasteiger partial charge in [-0.1, -0.05) is 42.8 Å². The lowest BCUT2D eigenvalue weighted by Crippen LogP contribution is -2.55. The summed E-state index contributed by atoms with van der Waals surface area (Å²) in [6.07, 6.45) is 0.345. The molecule has 0 aliphatic heterocycles. The van der Waals surface area contributed by atoms with Gasteiger partial charge in [0.25, 0.3) is 10.0 Å². The van der Waals surface area contributed by atoms with E-state index >= 15 is 0 Å². The lowest BCUT2D eigenvalue weighted by molar-refractivity contribution is -0.141. The lowest BCUT2D eigenvalue weighted by atomic mass is 10.1. The standard InChI is InChI=1S/C33H43N3O5S/c1-9-30(32(38)34-33(5,6)7)35(21-26-12-14-28(41-8)15-13-26)31(37)22-36(27-19-24(3)18-25(4)20-27)42(39,40)29-16-10-23(2)11-17-29/h10-20,30H,9,21-22H2,1-8H3,(H,34,38)/t30-/m1/s1. The number of rotatable bonds is 11. The Morgan fingerprint density at radius 1 is 0.881 bits per heavy atom. The molecule has 3 aromatic carbocycles. The van der Waals surface area contributed by atoms with E-state index in [0.717, 1.165) is 26.6 Å². The molecule has 1 atom stereocenters. The topological polar surface area (TPSA) is 96.0 Å². The van der Waals surface area contributed by atoms with Crippen molar-refractivity contribution in [2.45, 2.75) is 77.9 Å². The molecule has 42 heavy (non-hydrogen) atoms. The monoisotopic (exact) mass is 593 g/mol. The highest BCUT2D eigenvalue weighted by Gasteiger charge is 2.34. The molecule has 0 saturated heterocycles. The first-order valence-corrected chi connectivity index (χ1v) is 15.5. The lowest BCUT2D eigenvalue weighted by Gasteiger charge is -2.35. The number of anilines is 1. The minimum Gasteiger partial charge on any atom is -0.497 e. The van der Waals surface area contributed by atoms with Crippen LogP contribution in [0.25, 0.3) is 0 Å². The maximum absolute atomic E-state index is 14.2. The van der Waals surface area contributed by atoms with Crippen LogP contribution in [0.1, 0.15) is 56.4 Å². The minimum absolute atomic E-state index is 0.0827. The summed E-state index contributed by atoms with van der Waals surface area (Å²) in [5.74, 6) is -0.123. The van der Waals surface area contributed by atoms with Gasteiger partial charge >= 0.3 is 0 Å². The second-order valence-electron chi connectivity index (χ2n) is 11.7. The number of carbonyl (C=O) groups excluding carboxylic acids is 2. The van der Waals surface area contributed by atoms with Gasteiger partial charge < -0.3 is 15.0 Å². The van der Waals surface area contributed by atoms with Crippen molar-refractivity contribution in [3.05, 3.63) is 89.0 Å². The molecule has 0 bridgehead atoms. The van der Waals surface area contributed by atoms with Crippen molar-refractivity contribution in [3.8, 4) is 5.75 Å². The number of benzene rings is 3. The smallest absolute Gasteiger partial charge is 0.264 e. The zero-order valence-corrected chi connectivity index (χ0v) is 26.7. The van der Waals surface area contributed by atoms with Gasteiger partial charge in [0.2, 0.25) is 11.8 Å². The van der Waals surface area contributed by atoms with E-state index in [1.165, 1.54) is 4.90 Å². The van der Waals surface area contributed by atoms with Crippen LogP contribution in [0.4, 0.5) is 5.69 Å². The van der Waals surface area contributed by atoms with E-state index in [2.05, 4.69) is 5.32 Å². The molecule has 0 fully saturated rings. The third kappa shape index (κ3) is 8.35. The summed E-state index contributed by atoms with van der Waals surface area (Å²) in [4.78, 5) is 29.3. The molecule has 0 saturated carbocycles. The number of carbonyl (C=O) groups is 2. The number of sulfonamides is 1. The van der Waals surface area contributed by atoms with E-state index in [1.807, 2.05) is 66.7 Å². The van der Waals surface area contributed by atoms with Gasteiger partial charge in [0.1, 0.15) is 18.3 Å². The molecule has 1 N–H and O–H groups in total. The number of hydrogen-bond acceptors (Lipinski definition) is 5. The fraction of sp³-hybridized carbons (Fsp3) is 0.394. The number of amides is 2. The maximum atomic E-state index is 14.2. The minimum atomic E-state index is -4.13. The van der Waals surface area contributed by atoms with Crippen molar-refractivity contribution in [1.82, 2.24) is 10.2 Å². The van der Waals surface area contributed by atoms with Gasteiger partial charge in [-0.05, 0) is 101 Å². The fourth-order valence-corrected chi connectivity index (χ4v) is 6.16. The number of methoxy groups -OCH3 is 1. The van der Waals surface area contributed by atoms with Gasteiger partial charge in [-0.15, -0.1) is 0 Å². The number of nitrogens with one attached hydrogen (secondary N) is 1. The summed E-state index contributed by atoms with van der Waals surface area (Å²) >= 11 is 0. The van der Waals surface area contributed by atoms with E-state index in [9.17, 15) is 18.0 Å². The quantitative estimate of drug-likeness (QED) is 0.315. The summed E-state index contributed by atoms with van der Waals surface area (Å²) in [5, 5.41) is 2.99. The Kier molecular flexibility index (Phi) is 10.4. The average molecular weight is 594 g/mol. The summed E-state index contributed by atoms with van der Waals surface area (Å²) in [5.41, 5.74) is 3.31. The molecule has 2 amide bonds. The molecule has 0 spiro atoms. The molecule has 8 nitrogen and oxygen atoms in total. The van der Waals surface area contributed by atoms with Crippen LogP contribution in [0.3, 0.4) is 0 Å². The number of hydrogen-bond donors (Lipinski definition) is 1. The van der Waals surface area contributed by atoms with E-state index < -0.39 is 34.1 Å². The zero-order chi connectivity index (χ0) is 31.2. The van der Waals surface area contributed by atoms with Crippen molar-refractivity contribution in [1.29, 1.82) is 0 Å². The van der Waals surface area contributed by atoms with Crippen molar-refractivity contribution in [3.63, 3.8) is 0 Å². The Labute approximate surface area is 250 Å². The normalized spacial score (nSPS) is 12.4. The molecule has 3 rings (SSSR count). The molecule has 226 valence electrons. The second-order valence-corrected chi connectivity index (χ2v) is 13.6. The van der Waals surface area contributed by atoms with Gasteiger partial charge in [0.05, 0.1) is 17.7 Å². The maximum Gasteiger partial charge on any atom is 0.264 e. The van der Waals surface area contributed by atoms with Gasteiger partial charge in [-0.2, -0.15) is 0 Å². The largest absolute Gasteiger partial charge is 0.497 e. The molecular formula is C33H43N3O5S. The van der Waals surface area contributed by atoms with Gasteiger partial charge in [0, 0.05) is 12.1 Å².